The number of hydrogen-bond donors (Lipinski definition) is 1. The summed E-state index contributed by atoms with van der Waals surface area (Å²) in [5.74, 6) is 0.435. The van der Waals surface area contributed by atoms with Crippen LogP contribution in [0.1, 0.15) is 44.7 Å². The quantitative estimate of drug-likeness (QED) is 0.776. The van der Waals surface area contributed by atoms with Gasteiger partial charge in [0.15, 0.2) is 0 Å². The minimum absolute atomic E-state index is 0.0406. The number of carbonyl (C=O) groups excluding carboxylic acids is 1. The molecule has 9 heteroatoms. The first-order chi connectivity index (χ1) is 14.6. The lowest BCUT2D eigenvalue weighted by Crippen LogP contribution is -2.55. The van der Waals surface area contributed by atoms with Crippen molar-refractivity contribution in [2.45, 2.75) is 55.8 Å². The Balaban J connectivity index is 1.79. The molecule has 0 saturated carbocycles. The van der Waals surface area contributed by atoms with Gasteiger partial charge in [0.1, 0.15) is 17.5 Å². The Morgan fingerprint density at radius 3 is 2.58 bits per heavy atom. The summed E-state index contributed by atoms with van der Waals surface area (Å²) in [7, 11) is -2.40. The molecular weight excluding hydrogens is 418 g/mol. The fourth-order valence-electron chi connectivity index (χ4n) is 4.22. The first-order valence-electron chi connectivity index (χ1n) is 10.3. The third-order valence-electron chi connectivity index (χ3n) is 6.06. The summed E-state index contributed by atoms with van der Waals surface area (Å²) < 4.78 is 33.8. The number of benzene rings is 1. The van der Waals surface area contributed by atoms with Crippen LogP contribution in [-0.4, -0.2) is 54.6 Å². The van der Waals surface area contributed by atoms with Crippen molar-refractivity contribution in [3.05, 3.63) is 48.3 Å². The zero-order valence-corrected chi connectivity index (χ0v) is 18.7. The highest BCUT2D eigenvalue weighted by molar-refractivity contribution is 7.92. The predicted octanol–water partition coefficient (Wildman–Crippen LogP) is 2.49. The number of sulfonamides is 1. The lowest BCUT2D eigenvalue weighted by Gasteiger charge is -2.47. The number of carbonyl (C=O) groups is 1. The van der Waals surface area contributed by atoms with Crippen molar-refractivity contribution in [3.8, 4) is 5.75 Å². The molecule has 2 atom stereocenters. The van der Waals surface area contributed by atoms with Gasteiger partial charge in [0.05, 0.1) is 16.6 Å². The number of nitrogens with zero attached hydrogens (tertiary/aromatic N) is 3. The number of amides is 1. The normalized spacial score (nSPS) is 23.1. The van der Waals surface area contributed by atoms with Crippen molar-refractivity contribution < 1.29 is 23.1 Å². The van der Waals surface area contributed by atoms with Crippen molar-refractivity contribution in [2.24, 2.45) is 0 Å². The van der Waals surface area contributed by atoms with Crippen LogP contribution in [0.25, 0.3) is 0 Å². The number of rotatable bonds is 4. The van der Waals surface area contributed by atoms with Crippen LogP contribution >= 0.6 is 0 Å². The predicted molar refractivity (Wildman–Crippen MR) is 115 cm³/mol. The van der Waals surface area contributed by atoms with Crippen molar-refractivity contribution in [3.63, 3.8) is 0 Å². The molecule has 0 aliphatic carbocycles. The minimum Gasteiger partial charge on any atom is -0.485 e. The number of fused-ring (bicyclic) bond motifs is 1. The Labute approximate surface area is 182 Å². The second-order valence-corrected chi connectivity index (χ2v) is 10.5. The van der Waals surface area contributed by atoms with Crippen LogP contribution in [0.4, 0.5) is 5.69 Å². The van der Waals surface area contributed by atoms with Crippen LogP contribution in [0.5, 0.6) is 5.75 Å². The second kappa shape index (κ2) is 7.80. The van der Waals surface area contributed by atoms with E-state index in [0.717, 1.165) is 12.8 Å². The summed E-state index contributed by atoms with van der Waals surface area (Å²) in [4.78, 5) is 18.3. The number of anilines is 1. The minimum atomic E-state index is -3.87. The van der Waals surface area contributed by atoms with Crippen molar-refractivity contribution in [2.75, 3.05) is 17.9 Å². The monoisotopic (exact) mass is 445 g/mol. The van der Waals surface area contributed by atoms with Crippen LogP contribution in [-0.2, 0) is 14.8 Å². The summed E-state index contributed by atoms with van der Waals surface area (Å²) in [5.41, 5.74) is 0.0584. The van der Waals surface area contributed by atoms with E-state index in [1.807, 2.05) is 0 Å². The fourth-order valence-corrected chi connectivity index (χ4v) is 5.45. The van der Waals surface area contributed by atoms with Crippen molar-refractivity contribution in [1.82, 2.24) is 9.88 Å². The molecule has 2 unspecified atom stereocenters. The average Bonchev–Trinajstić information content (AvgIpc) is 2.75. The van der Waals surface area contributed by atoms with Crippen LogP contribution < -0.4 is 9.04 Å². The van der Waals surface area contributed by atoms with Gasteiger partial charge < -0.3 is 14.7 Å². The molecule has 0 bridgehead atoms. The summed E-state index contributed by atoms with van der Waals surface area (Å²) in [5, 5.41) is 11.1. The molecule has 1 amide bonds. The van der Waals surface area contributed by atoms with Crippen LogP contribution in [0.2, 0.25) is 0 Å². The molecule has 2 aliphatic rings. The van der Waals surface area contributed by atoms with Gasteiger partial charge in [0.25, 0.3) is 10.0 Å². The third kappa shape index (κ3) is 3.76. The van der Waals surface area contributed by atoms with Gasteiger partial charge in [0, 0.05) is 38.0 Å². The maximum Gasteiger partial charge on any atom is 0.264 e. The largest absolute Gasteiger partial charge is 0.485 e. The van der Waals surface area contributed by atoms with Gasteiger partial charge in [-0.05, 0) is 57.0 Å². The molecule has 31 heavy (non-hydrogen) atoms. The lowest BCUT2D eigenvalue weighted by atomic mass is 9.84. The van der Waals surface area contributed by atoms with Gasteiger partial charge in [-0.3, -0.25) is 14.1 Å². The molecule has 166 valence electrons. The Kier molecular flexibility index (Phi) is 5.43. The van der Waals surface area contributed by atoms with E-state index in [0.29, 0.717) is 30.0 Å². The Bertz CT molecular complexity index is 1090. The van der Waals surface area contributed by atoms with Gasteiger partial charge in [-0.15, -0.1) is 0 Å². The summed E-state index contributed by atoms with van der Waals surface area (Å²) in [6.07, 6.45) is 4.13. The van der Waals surface area contributed by atoms with Crippen molar-refractivity contribution in [1.29, 1.82) is 0 Å². The van der Waals surface area contributed by atoms with Gasteiger partial charge in [0.2, 0.25) is 5.91 Å². The molecule has 1 saturated heterocycles. The Hall–Kier alpha value is -2.65. The van der Waals surface area contributed by atoms with Gasteiger partial charge >= 0.3 is 0 Å². The van der Waals surface area contributed by atoms with E-state index in [1.54, 1.807) is 36.9 Å². The number of aliphatic hydroxyl groups is 1. The number of ether oxygens (including phenoxy) is 1. The van der Waals surface area contributed by atoms with Crippen LogP contribution in [0, 0.1) is 0 Å². The molecule has 3 heterocycles. The molecule has 1 aromatic heterocycles. The van der Waals surface area contributed by atoms with E-state index in [4.69, 9.17) is 4.74 Å². The van der Waals surface area contributed by atoms with Gasteiger partial charge in [-0.1, -0.05) is 0 Å². The Morgan fingerprint density at radius 2 is 1.90 bits per heavy atom. The molecule has 0 spiro atoms. The first-order valence-corrected chi connectivity index (χ1v) is 11.8. The molecule has 4 rings (SSSR count). The second-order valence-electron chi connectivity index (χ2n) is 8.52. The molecule has 0 radical (unpaired) electrons. The highest BCUT2D eigenvalue weighted by Gasteiger charge is 2.47. The zero-order chi connectivity index (χ0) is 22.4. The highest BCUT2D eigenvalue weighted by atomic mass is 32.2. The van der Waals surface area contributed by atoms with Crippen LogP contribution in [0.3, 0.4) is 0 Å². The number of likely N-dealkylation sites (tertiary alicyclic amines) is 1. The Morgan fingerprint density at radius 1 is 1.19 bits per heavy atom. The molecule has 1 aromatic carbocycles. The average molecular weight is 446 g/mol. The number of pyridine rings is 1. The first kappa shape index (κ1) is 21.6. The van der Waals surface area contributed by atoms with E-state index in [1.165, 1.54) is 35.9 Å². The van der Waals surface area contributed by atoms with E-state index in [9.17, 15) is 18.3 Å². The van der Waals surface area contributed by atoms with E-state index in [2.05, 4.69) is 4.98 Å². The molecule has 8 nitrogen and oxygen atoms in total. The lowest BCUT2D eigenvalue weighted by molar-refractivity contribution is -0.147. The molecule has 1 fully saturated rings. The van der Waals surface area contributed by atoms with Gasteiger partial charge in [-0.2, -0.15) is 0 Å². The number of aliphatic hydroxyl groups excluding tert-OH is 1. The van der Waals surface area contributed by atoms with E-state index >= 15 is 0 Å². The SMILES string of the molecule is CN(c1ccncc1)S(=O)(=O)c1ccc2c(c1)C(N1CCCCC1=O)C(O)C(C)(C)O2. The smallest absolute Gasteiger partial charge is 0.264 e. The van der Waals surface area contributed by atoms with E-state index < -0.39 is 27.8 Å². The number of hydrogen-bond acceptors (Lipinski definition) is 6. The maximum absolute atomic E-state index is 13.3. The summed E-state index contributed by atoms with van der Waals surface area (Å²) in [6.45, 7) is 4.05. The van der Waals surface area contributed by atoms with Gasteiger partial charge in [-0.25, -0.2) is 8.42 Å². The maximum atomic E-state index is 13.3. The molecule has 1 N–H and O–H groups in total. The molecule has 2 aliphatic heterocycles. The van der Waals surface area contributed by atoms with Crippen LogP contribution in [0.15, 0.2) is 47.6 Å². The number of aromatic nitrogens is 1. The van der Waals surface area contributed by atoms with Crippen molar-refractivity contribution >= 4 is 21.6 Å². The standard InChI is InChI=1S/C22H27N3O5S/c1-22(2)21(27)20(25-13-5-4-6-19(25)26)17-14-16(7-8-18(17)30-22)31(28,29)24(3)15-9-11-23-12-10-15/h7-12,14,20-21,27H,4-6,13H2,1-3H3. The molecule has 2 aromatic rings. The van der Waals surface area contributed by atoms with E-state index in [-0.39, 0.29) is 10.8 Å². The fraction of sp³-hybridized carbons (Fsp3) is 0.455. The zero-order valence-electron chi connectivity index (χ0n) is 17.9. The molecular formula is C22H27N3O5S. The topological polar surface area (TPSA) is 100 Å². The highest BCUT2D eigenvalue weighted by Crippen LogP contribution is 2.45. The summed E-state index contributed by atoms with van der Waals surface area (Å²) in [6, 6.07) is 7.17. The third-order valence-corrected chi connectivity index (χ3v) is 7.85. The number of piperidine rings is 1. The summed E-state index contributed by atoms with van der Waals surface area (Å²) >= 11 is 0.